The summed E-state index contributed by atoms with van der Waals surface area (Å²) in [4.78, 5) is 18.8. The van der Waals surface area contributed by atoms with Crippen LogP contribution in [-0.4, -0.2) is 30.8 Å². The van der Waals surface area contributed by atoms with E-state index in [0.29, 0.717) is 12.1 Å². The number of likely N-dealkylation sites (tertiary alicyclic amines) is 1. The fourth-order valence-corrected chi connectivity index (χ4v) is 3.64. The van der Waals surface area contributed by atoms with Gasteiger partial charge >= 0.3 is 0 Å². The van der Waals surface area contributed by atoms with Gasteiger partial charge in [-0.25, -0.2) is 13.6 Å². The topological polar surface area (TPSA) is 93.4 Å². The molecule has 1 unspecified atom stereocenters. The number of rotatable bonds is 3. The number of nitrogens with zero attached hydrogens (tertiary/aromatic N) is 2. The smallest absolute Gasteiger partial charge is 0.254 e. The number of sulfonamides is 1. The molecule has 0 bridgehead atoms. The van der Waals surface area contributed by atoms with Crippen molar-refractivity contribution in [2.45, 2.75) is 30.7 Å². The highest BCUT2D eigenvalue weighted by molar-refractivity contribution is 7.89. The number of amides is 1. The lowest BCUT2D eigenvalue weighted by atomic mass is 10.0. The van der Waals surface area contributed by atoms with Crippen LogP contribution >= 0.6 is 0 Å². The van der Waals surface area contributed by atoms with Crippen molar-refractivity contribution in [2.75, 3.05) is 6.54 Å². The molecule has 1 atom stereocenters. The number of aromatic nitrogens is 1. The van der Waals surface area contributed by atoms with E-state index in [9.17, 15) is 13.2 Å². The normalized spacial score (nSPS) is 17.9. The molecule has 3 rings (SSSR count). The molecule has 0 aliphatic carbocycles. The molecule has 1 aromatic heterocycles. The Kier molecular flexibility index (Phi) is 4.38. The number of nitrogens with two attached hydrogens (primary N) is 1. The van der Waals surface area contributed by atoms with Gasteiger partial charge in [-0.3, -0.25) is 9.78 Å². The Morgan fingerprint density at radius 3 is 2.62 bits per heavy atom. The zero-order valence-electron chi connectivity index (χ0n) is 13.3. The van der Waals surface area contributed by atoms with Gasteiger partial charge in [0, 0.05) is 24.5 Å². The van der Waals surface area contributed by atoms with Gasteiger partial charge in [-0.15, -0.1) is 0 Å². The van der Waals surface area contributed by atoms with E-state index >= 15 is 0 Å². The summed E-state index contributed by atoms with van der Waals surface area (Å²) in [6.45, 7) is 2.43. The lowest BCUT2D eigenvalue weighted by molar-refractivity contribution is 0.0734. The summed E-state index contributed by atoms with van der Waals surface area (Å²) in [7, 11) is -3.84. The highest BCUT2D eigenvalue weighted by Gasteiger charge is 2.31. The highest BCUT2D eigenvalue weighted by atomic mass is 32.2. The third kappa shape index (κ3) is 3.18. The Morgan fingerprint density at radius 1 is 1.25 bits per heavy atom. The van der Waals surface area contributed by atoms with Crippen molar-refractivity contribution >= 4 is 15.9 Å². The molecule has 1 fully saturated rings. The van der Waals surface area contributed by atoms with Crippen molar-refractivity contribution in [3.05, 3.63) is 59.4 Å². The number of pyridine rings is 1. The van der Waals surface area contributed by atoms with Crippen molar-refractivity contribution in [3.8, 4) is 0 Å². The Morgan fingerprint density at radius 2 is 1.96 bits per heavy atom. The van der Waals surface area contributed by atoms with Crippen molar-refractivity contribution in [2.24, 2.45) is 5.14 Å². The van der Waals surface area contributed by atoms with Crippen molar-refractivity contribution in [1.82, 2.24) is 9.88 Å². The number of carbonyl (C=O) groups is 1. The number of hydrogen-bond acceptors (Lipinski definition) is 4. The number of aryl methyl sites for hydroxylation is 1. The summed E-state index contributed by atoms with van der Waals surface area (Å²) in [5, 5.41) is 5.19. The molecule has 6 nitrogen and oxygen atoms in total. The van der Waals surface area contributed by atoms with Gasteiger partial charge in [0.15, 0.2) is 0 Å². The molecular formula is C17H19N3O3S. The molecule has 2 N–H and O–H groups in total. The molecule has 1 aromatic carbocycles. The van der Waals surface area contributed by atoms with Crippen LogP contribution in [0.1, 0.15) is 40.4 Å². The summed E-state index contributed by atoms with van der Waals surface area (Å²) >= 11 is 0. The van der Waals surface area contributed by atoms with E-state index in [0.717, 1.165) is 24.0 Å². The van der Waals surface area contributed by atoms with Gasteiger partial charge in [0.25, 0.3) is 5.91 Å². The zero-order chi connectivity index (χ0) is 17.3. The molecule has 0 radical (unpaired) electrons. The molecule has 2 aromatic rings. The van der Waals surface area contributed by atoms with Crippen LogP contribution in [-0.2, 0) is 10.0 Å². The minimum Gasteiger partial charge on any atom is -0.332 e. The van der Waals surface area contributed by atoms with Crippen LogP contribution in [0.2, 0.25) is 0 Å². The zero-order valence-corrected chi connectivity index (χ0v) is 14.2. The van der Waals surface area contributed by atoms with Crippen LogP contribution < -0.4 is 5.14 Å². The Bertz CT molecular complexity index is 866. The molecule has 0 saturated carbocycles. The predicted molar refractivity (Wildman–Crippen MR) is 89.8 cm³/mol. The van der Waals surface area contributed by atoms with E-state index in [1.54, 1.807) is 30.3 Å². The SMILES string of the molecule is Cc1ccc(S(N)(=O)=O)cc1C(=O)N1CCCC1c1ccncc1. The highest BCUT2D eigenvalue weighted by Crippen LogP contribution is 2.33. The molecule has 1 aliphatic rings. The van der Waals surface area contributed by atoms with Gasteiger partial charge in [-0.1, -0.05) is 6.07 Å². The lowest BCUT2D eigenvalue weighted by Gasteiger charge is -2.26. The van der Waals surface area contributed by atoms with Gasteiger partial charge < -0.3 is 4.90 Å². The van der Waals surface area contributed by atoms with Gasteiger partial charge in [0.2, 0.25) is 10.0 Å². The van der Waals surface area contributed by atoms with Gasteiger partial charge in [-0.05, 0) is 55.2 Å². The molecule has 0 spiro atoms. The van der Waals surface area contributed by atoms with E-state index in [2.05, 4.69) is 4.98 Å². The molecule has 2 heterocycles. The minimum absolute atomic E-state index is 0.0157. The van der Waals surface area contributed by atoms with Crippen molar-refractivity contribution in [1.29, 1.82) is 0 Å². The summed E-state index contributed by atoms with van der Waals surface area (Å²) in [5.41, 5.74) is 2.14. The average molecular weight is 345 g/mol. The van der Waals surface area contributed by atoms with E-state index in [1.807, 2.05) is 12.1 Å². The van der Waals surface area contributed by atoms with E-state index in [1.165, 1.54) is 12.1 Å². The first-order valence-corrected chi connectivity index (χ1v) is 9.27. The summed E-state index contributed by atoms with van der Waals surface area (Å²) in [6, 6.07) is 8.21. The third-order valence-corrected chi connectivity index (χ3v) is 5.28. The standard InChI is InChI=1S/C17H19N3O3S/c1-12-4-5-14(24(18,22)23)11-15(12)17(21)20-10-2-3-16(20)13-6-8-19-9-7-13/h4-9,11,16H,2-3,10H2,1H3,(H2,18,22,23). The van der Waals surface area contributed by atoms with Gasteiger partial charge in [0.1, 0.15) is 0 Å². The maximum atomic E-state index is 13.0. The number of hydrogen-bond donors (Lipinski definition) is 1. The number of carbonyl (C=O) groups excluding carboxylic acids is 1. The van der Waals surface area contributed by atoms with E-state index < -0.39 is 10.0 Å². The average Bonchev–Trinajstić information content (AvgIpc) is 3.04. The monoisotopic (exact) mass is 345 g/mol. The van der Waals surface area contributed by atoms with Crippen LogP contribution in [0, 0.1) is 6.92 Å². The molecule has 24 heavy (non-hydrogen) atoms. The quantitative estimate of drug-likeness (QED) is 0.921. The molecule has 1 aliphatic heterocycles. The Labute approximate surface area is 141 Å². The van der Waals surface area contributed by atoms with E-state index in [-0.39, 0.29) is 16.8 Å². The second-order valence-corrected chi connectivity index (χ2v) is 7.52. The lowest BCUT2D eigenvalue weighted by Crippen LogP contribution is -2.31. The first-order chi connectivity index (χ1) is 11.4. The minimum atomic E-state index is -3.84. The fraction of sp³-hybridized carbons (Fsp3) is 0.294. The van der Waals surface area contributed by atoms with Crippen LogP contribution in [0.25, 0.3) is 0 Å². The number of benzene rings is 1. The predicted octanol–water partition coefficient (Wildman–Crippen LogP) is 2.01. The second kappa shape index (κ2) is 6.33. The van der Waals surface area contributed by atoms with Crippen LogP contribution in [0.5, 0.6) is 0 Å². The van der Waals surface area contributed by atoms with Crippen molar-refractivity contribution in [3.63, 3.8) is 0 Å². The van der Waals surface area contributed by atoms with Crippen molar-refractivity contribution < 1.29 is 13.2 Å². The maximum absolute atomic E-state index is 13.0. The van der Waals surface area contributed by atoms with E-state index in [4.69, 9.17) is 5.14 Å². The molecule has 1 saturated heterocycles. The summed E-state index contributed by atoms with van der Waals surface area (Å²) in [5.74, 6) is -0.169. The summed E-state index contributed by atoms with van der Waals surface area (Å²) < 4.78 is 23.1. The van der Waals surface area contributed by atoms with Crippen LogP contribution in [0.15, 0.2) is 47.6 Å². The second-order valence-electron chi connectivity index (χ2n) is 5.96. The van der Waals surface area contributed by atoms with Gasteiger partial charge in [0.05, 0.1) is 10.9 Å². The van der Waals surface area contributed by atoms with Crippen LogP contribution in [0.4, 0.5) is 0 Å². The Hall–Kier alpha value is -2.25. The van der Waals surface area contributed by atoms with Crippen LogP contribution in [0.3, 0.4) is 0 Å². The first kappa shape index (κ1) is 16.6. The molecule has 126 valence electrons. The molecule has 1 amide bonds. The Balaban J connectivity index is 1.97. The third-order valence-electron chi connectivity index (χ3n) is 4.37. The number of primary sulfonamides is 1. The molecule has 7 heteroatoms. The molecular weight excluding hydrogens is 326 g/mol. The largest absolute Gasteiger partial charge is 0.332 e. The van der Waals surface area contributed by atoms with Gasteiger partial charge in [-0.2, -0.15) is 0 Å². The maximum Gasteiger partial charge on any atom is 0.254 e. The first-order valence-electron chi connectivity index (χ1n) is 7.72. The summed E-state index contributed by atoms with van der Waals surface area (Å²) in [6.07, 6.45) is 5.21. The fourth-order valence-electron chi connectivity index (χ4n) is 3.11.